The largest absolute Gasteiger partial charge is 0.493 e. The lowest BCUT2D eigenvalue weighted by Crippen LogP contribution is -2.38. The number of carbonyl (C=O) groups is 1. The van der Waals surface area contributed by atoms with Crippen LogP contribution in [0.25, 0.3) is 0 Å². The molecule has 0 unspecified atom stereocenters. The second-order valence-electron chi connectivity index (χ2n) is 8.25. The normalized spacial score (nSPS) is 11.2. The molecule has 2 aromatic carbocycles. The van der Waals surface area contributed by atoms with Crippen molar-refractivity contribution in [3.8, 4) is 11.5 Å². The third-order valence-corrected chi connectivity index (χ3v) is 4.69. The number of amides is 1. The number of nitrogens with zero attached hydrogens (tertiary/aromatic N) is 1. The van der Waals surface area contributed by atoms with Gasteiger partial charge in [0.05, 0.1) is 19.9 Å². The van der Waals surface area contributed by atoms with E-state index in [0.717, 1.165) is 16.9 Å². The Balaban J connectivity index is 1.76. The molecule has 0 atom stereocenters. The van der Waals surface area contributed by atoms with E-state index < -0.39 is 5.41 Å². The van der Waals surface area contributed by atoms with E-state index in [9.17, 15) is 4.79 Å². The molecule has 5 nitrogen and oxygen atoms in total. The van der Waals surface area contributed by atoms with Gasteiger partial charge in [-0.1, -0.05) is 57.2 Å². The van der Waals surface area contributed by atoms with Gasteiger partial charge in [-0.15, -0.1) is 0 Å². The molecule has 0 aliphatic heterocycles. The van der Waals surface area contributed by atoms with Gasteiger partial charge in [0, 0.05) is 12.0 Å². The number of methoxy groups -OCH3 is 1. The second kappa shape index (κ2) is 9.53. The lowest BCUT2D eigenvalue weighted by atomic mass is 9.94. The van der Waals surface area contributed by atoms with Crippen LogP contribution in [-0.4, -0.2) is 17.9 Å². The highest BCUT2D eigenvalue weighted by Gasteiger charge is 2.28. The Morgan fingerprint density at radius 3 is 2.33 bits per heavy atom. The van der Waals surface area contributed by atoms with Gasteiger partial charge in [-0.25, -0.2) is 0 Å². The van der Waals surface area contributed by atoms with Crippen molar-refractivity contribution < 1.29 is 18.7 Å². The zero-order chi connectivity index (χ0) is 21.6. The minimum atomic E-state index is -0.491. The number of rotatable bonds is 8. The summed E-state index contributed by atoms with van der Waals surface area (Å²) >= 11 is 0. The zero-order valence-corrected chi connectivity index (χ0v) is 18.1. The van der Waals surface area contributed by atoms with Crippen LogP contribution in [0.4, 0.5) is 0 Å². The van der Waals surface area contributed by atoms with E-state index in [-0.39, 0.29) is 5.91 Å². The molecule has 30 heavy (non-hydrogen) atoms. The Morgan fingerprint density at radius 2 is 1.70 bits per heavy atom. The Morgan fingerprint density at radius 1 is 0.933 bits per heavy atom. The van der Waals surface area contributed by atoms with Crippen LogP contribution in [0.3, 0.4) is 0 Å². The molecule has 0 spiro atoms. The highest BCUT2D eigenvalue weighted by Crippen LogP contribution is 2.30. The molecule has 1 amide bonds. The fourth-order valence-corrected chi connectivity index (χ4v) is 3.15. The van der Waals surface area contributed by atoms with Crippen LogP contribution >= 0.6 is 0 Å². The van der Waals surface area contributed by atoms with E-state index in [1.165, 1.54) is 0 Å². The van der Waals surface area contributed by atoms with Gasteiger partial charge >= 0.3 is 0 Å². The minimum Gasteiger partial charge on any atom is -0.493 e. The van der Waals surface area contributed by atoms with Crippen LogP contribution < -0.4 is 9.47 Å². The summed E-state index contributed by atoms with van der Waals surface area (Å²) in [5, 5.41) is 0. The van der Waals surface area contributed by atoms with Crippen LogP contribution in [0.2, 0.25) is 0 Å². The van der Waals surface area contributed by atoms with Crippen molar-refractivity contribution in [2.75, 3.05) is 7.11 Å². The molecular weight excluding hydrogens is 378 g/mol. The molecule has 0 fully saturated rings. The number of furan rings is 1. The molecule has 0 saturated carbocycles. The van der Waals surface area contributed by atoms with Crippen molar-refractivity contribution in [2.45, 2.75) is 40.5 Å². The minimum absolute atomic E-state index is 0.0577. The Bertz CT molecular complexity index is 943. The SMILES string of the molecule is COc1cc(CN(Cc2ccco2)C(=O)C(C)(C)C)ccc1OCc1ccccc1. The zero-order valence-electron chi connectivity index (χ0n) is 18.1. The smallest absolute Gasteiger partial charge is 0.228 e. The van der Waals surface area contributed by atoms with E-state index >= 15 is 0 Å². The summed E-state index contributed by atoms with van der Waals surface area (Å²) in [6.07, 6.45) is 1.62. The lowest BCUT2D eigenvalue weighted by Gasteiger charge is -2.29. The lowest BCUT2D eigenvalue weighted by molar-refractivity contribution is -0.141. The fraction of sp³-hybridized carbons (Fsp3) is 0.320. The first-order valence-corrected chi connectivity index (χ1v) is 10.0. The highest BCUT2D eigenvalue weighted by atomic mass is 16.5. The van der Waals surface area contributed by atoms with Gasteiger partial charge in [0.25, 0.3) is 0 Å². The molecule has 1 aromatic heterocycles. The summed E-state index contributed by atoms with van der Waals surface area (Å²) in [4.78, 5) is 14.8. The fourth-order valence-electron chi connectivity index (χ4n) is 3.15. The summed E-state index contributed by atoms with van der Waals surface area (Å²) in [6, 6.07) is 19.5. The standard InChI is InChI=1S/C25H29NO4/c1-25(2,3)24(27)26(17-21-11-8-14-29-21)16-20-12-13-22(23(15-20)28-4)30-18-19-9-6-5-7-10-19/h5-15H,16-18H2,1-4H3. The van der Waals surface area contributed by atoms with Crippen LogP contribution in [-0.2, 0) is 24.5 Å². The number of benzene rings is 2. The maximum Gasteiger partial charge on any atom is 0.228 e. The third-order valence-electron chi connectivity index (χ3n) is 4.69. The molecule has 0 aliphatic rings. The van der Waals surface area contributed by atoms with Crippen LogP contribution in [0.1, 0.15) is 37.7 Å². The highest BCUT2D eigenvalue weighted by molar-refractivity contribution is 5.81. The van der Waals surface area contributed by atoms with Crippen LogP contribution in [0.15, 0.2) is 71.3 Å². The summed E-state index contributed by atoms with van der Waals surface area (Å²) in [5.74, 6) is 2.12. The van der Waals surface area contributed by atoms with E-state index in [0.29, 0.717) is 31.2 Å². The molecule has 5 heteroatoms. The molecule has 0 radical (unpaired) electrons. The first kappa shape index (κ1) is 21.5. The van der Waals surface area contributed by atoms with Crippen LogP contribution in [0.5, 0.6) is 11.5 Å². The van der Waals surface area contributed by atoms with E-state index in [1.54, 1.807) is 18.3 Å². The van der Waals surface area contributed by atoms with Crippen molar-refractivity contribution in [1.82, 2.24) is 4.90 Å². The monoisotopic (exact) mass is 407 g/mol. The van der Waals surface area contributed by atoms with Gasteiger partial charge in [0.15, 0.2) is 11.5 Å². The molecular formula is C25H29NO4. The first-order chi connectivity index (χ1) is 14.4. The number of ether oxygens (including phenoxy) is 2. The number of hydrogen-bond acceptors (Lipinski definition) is 4. The summed E-state index contributed by atoms with van der Waals surface area (Å²) < 4.78 is 16.9. The van der Waals surface area contributed by atoms with Gasteiger partial charge in [0.2, 0.25) is 5.91 Å². The molecule has 3 rings (SSSR count). The maximum atomic E-state index is 13.0. The van der Waals surface area contributed by atoms with Crippen LogP contribution in [0, 0.1) is 5.41 Å². The third kappa shape index (κ3) is 5.66. The Kier molecular flexibility index (Phi) is 6.83. The molecule has 0 saturated heterocycles. The number of hydrogen-bond donors (Lipinski definition) is 0. The van der Waals surface area contributed by atoms with E-state index in [2.05, 4.69) is 0 Å². The quantitative estimate of drug-likeness (QED) is 0.499. The maximum absolute atomic E-state index is 13.0. The second-order valence-corrected chi connectivity index (χ2v) is 8.25. The van der Waals surface area contributed by atoms with Gasteiger partial charge in [-0.3, -0.25) is 4.79 Å². The van der Waals surface area contributed by atoms with Gasteiger partial charge in [0.1, 0.15) is 12.4 Å². The summed E-state index contributed by atoms with van der Waals surface area (Å²) in [7, 11) is 1.62. The van der Waals surface area contributed by atoms with Gasteiger partial charge in [-0.2, -0.15) is 0 Å². The topological polar surface area (TPSA) is 51.9 Å². The van der Waals surface area contributed by atoms with E-state index in [1.807, 2.05) is 81.4 Å². The van der Waals surface area contributed by atoms with Gasteiger partial charge in [-0.05, 0) is 35.4 Å². The number of carbonyl (C=O) groups excluding carboxylic acids is 1. The molecule has 3 aromatic rings. The average molecular weight is 408 g/mol. The van der Waals surface area contributed by atoms with Crippen molar-refractivity contribution in [3.63, 3.8) is 0 Å². The molecule has 0 aliphatic carbocycles. The van der Waals surface area contributed by atoms with Crippen molar-refractivity contribution in [2.24, 2.45) is 5.41 Å². The summed E-state index contributed by atoms with van der Waals surface area (Å²) in [5.41, 5.74) is 1.56. The Hall–Kier alpha value is -3.21. The molecule has 0 N–H and O–H groups in total. The predicted molar refractivity (Wildman–Crippen MR) is 116 cm³/mol. The predicted octanol–water partition coefficient (Wildman–Crippen LogP) is 5.44. The average Bonchev–Trinajstić information content (AvgIpc) is 3.25. The molecule has 1 heterocycles. The molecule has 158 valence electrons. The van der Waals surface area contributed by atoms with Gasteiger partial charge < -0.3 is 18.8 Å². The van der Waals surface area contributed by atoms with E-state index in [4.69, 9.17) is 13.9 Å². The first-order valence-electron chi connectivity index (χ1n) is 10.0. The van der Waals surface area contributed by atoms with Crippen molar-refractivity contribution in [1.29, 1.82) is 0 Å². The Labute approximate surface area is 178 Å². The molecule has 0 bridgehead atoms. The van der Waals surface area contributed by atoms with Crippen molar-refractivity contribution >= 4 is 5.91 Å². The summed E-state index contributed by atoms with van der Waals surface area (Å²) in [6.45, 7) is 7.09. The van der Waals surface area contributed by atoms with Crippen molar-refractivity contribution in [3.05, 3.63) is 83.8 Å².